The van der Waals surface area contributed by atoms with Gasteiger partial charge in [-0.15, -0.1) is 0 Å². The van der Waals surface area contributed by atoms with Crippen LogP contribution in [-0.2, 0) is 13.1 Å². The highest BCUT2D eigenvalue weighted by atomic mass is 15.3. The van der Waals surface area contributed by atoms with E-state index in [1.54, 1.807) is 6.33 Å². The molecule has 0 radical (unpaired) electrons. The number of hydrogen-bond acceptors (Lipinski definition) is 4. The standard InChI is InChI=1S/C10H17N5/c1-3-6-15-10(12-9-13-15)8-14(2)7-4-5-11/h9H,3-4,6-8H2,1-2H3. The van der Waals surface area contributed by atoms with Crippen LogP contribution in [0.15, 0.2) is 6.33 Å². The highest BCUT2D eigenvalue weighted by molar-refractivity contribution is 4.84. The summed E-state index contributed by atoms with van der Waals surface area (Å²) in [5.74, 6) is 0.970. The fraction of sp³-hybridized carbons (Fsp3) is 0.700. The van der Waals surface area contributed by atoms with Crippen LogP contribution < -0.4 is 0 Å². The normalized spacial score (nSPS) is 10.5. The lowest BCUT2D eigenvalue weighted by Crippen LogP contribution is -2.21. The Morgan fingerprint density at radius 3 is 3.07 bits per heavy atom. The summed E-state index contributed by atoms with van der Waals surface area (Å²) in [7, 11) is 1.99. The van der Waals surface area contributed by atoms with Gasteiger partial charge in [-0.05, 0) is 13.5 Å². The molecule has 0 aliphatic rings. The third-order valence-electron chi connectivity index (χ3n) is 2.15. The molecule has 1 aromatic rings. The Kier molecular flexibility index (Phi) is 4.78. The molecule has 5 nitrogen and oxygen atoms in total. The Bertz CT molecular complexity index is 325. The highest BCUT2D eigenvalue weighted by Crippen LogP contribution is 2.00. The zero-order chi connectivity index (χ0) is 11.1. The number of aromatic nitrogens is 3. The summed E-state index contributed by atoms with van der Waals surface area (Å²) in [4.78, 5) is 6.29. The predicted octanol–water partition coefficient (Wildman–Crippen LogP) is 1.03. The second kappa shape index (κ2) is 6.14. The summed E-state index contributed by atoms with van der Waals surface area (Å²) in [6, 6.07) is 2.13. The van der Waals surface area contributed by atoms with Crippen molar-refractivity contribution < 1.29 is 0 Å². The summed E-state index contributed by atoms with van der Waals surface area (Å²) in [6.45, 7) is 4.55. The molecule has 0 fully saturated rings. The minimum absolute atomic E-state index is 0.554. The van der Waals surface area contributed by atoms with Gasteiger partial charge in [-0.25, -0.2) is 9.67 Å². The third kappa shape index (κ3) is 3.68. The molecule has 0 aromatic carbocycles. The van der Waals surface area contributed by atoms with E-state index in [0.29, 0.717) is 6.42 Å². The molecule has 82 valence electrons. The third-order valence-corrected chi connectivity index (χ3v) is 2.15. The van der Waals surface area contributed by atoms with Gasteiger partial charge in [-0.2, -0.15) is 10.4 Å². The molecule has 0 saturated heterocycles. The van der Waals surface area contributed by atoms with Crippen LogP contribution in [0.25, 0.3) is 0 Å². The SMILES string of the molecule is CCCn1ncnc1CN(C)CCC#N. The maximum atomic E-state index is 8.47. The van der Waals surface area contributed by atoms with Crippen LogP contribution >= 0.6 is 0 Å². The first kappa shape index (κ1) is 11.7. The molecule has 0 unspecified atom stereocenters. The second-order valence-electron chi connectivity index (χ2n) is 3.55. The van der Waals surface area contributed by atoms with Gasteiger partial charge in [0.25, 0.3) is 0 Å². The summed E-state index contributed by atoms with van der Waals surface area (Å²) < 4.78 is 1.92. The Morgan fingerprint density at radius 2 is 2.40 bits per heavy atom. The molecule has 0 spiro atoms. The lowest BCUT2D eigenvalue weighted by atomic mass is 10.4. The fourth-order valence-electron chi connectivity index (χ4n) is 1.37. The van der Waals surface area contributed by atoms with Gasteiger partial charge in [0.15, 0.2) is 0 Å². The number of rotatable bonds is 6. The van der Waals surface area contributed by atoms with E-state index in [-0.39, 0.29) is 0 Å². The van der Waals surface area contributed by atoms with Crippen molar-refractivity contribution in [2.45, 2.75) is 32.9 Å². The molecule has 15 heavy (non-hydrogen) atoms. The van der Waals surface area contributed by atoms with E-state index in [4.69, 9.17) is 5.26 Å². The molecule has 0 saturated carbocycles. The topological polar surface area (TPSA) is 57.7 Å². The van der Waals surface area contributed by atoms with E-state index >= 15 is 0 Å². The molecule has 0 atom stereocenters. The van der Waals surface area contributed by atoms with Crippen molar-refractivity contribution in [1.82, 2.24) is 19.7 Å². The van der Waals surface area contributed by atoms with Crippen LogP contribution in [-0.4, -0.2) is 33.3 Å². The molecule has 5 heteroatoms. The van der Waals surface area contributed by atoms with Gasteiger partial charge in [0.1, 0.15) is 12.2 Å². The van der Waals surface area contributed by atoms with Crippen molar-refractivity contribution in [1.29, 1.82) is 5.26 Å². The second-order valence-corrected chi connectivity index (χ2v) is 3.55. The number of nitrogens with zero attached hydrogens (tertiary/aromatic N) is 5. The van der Waals surface area contributed by atoms with Crippen LogP contribution in [0.1, 0.15) is 25.6 Å². The van der Waals surface area contributed by atoms with E-state index in [9.17, 15) is 0 Å². The first-order valence-corrected chi connectivity index (χ1v) is 5.20. The van der Waals surface area contributed by atoms with Gasteiger partial charge >= 0.3 is 0 Å². The van der Waals surface area contributed by atoms with Gasteiger partial charge in [-0.3, -0.25) is 4.90 Å². The molecule has 1 aromatic heterocycles. The Balaban J connectivity index is 2.48. The number of aryl methyl sites for hydroxylation is 1. The highest BCUT2D eigenvalue weighted by Gasteiger charge is 2.06. The van der Waals surface area contributed by atoms with Crippen molar-refractivity contribution in [3.63, 3.8) is 0 Å². The summed E-state index contributed by atoms with van der Waals surface area (Å²) >= 11 is 0. The van der Waals surface area contributed by atoms with Crippen molar-refractivity contribution >= 4 is 0 Å². The minimum Gasteiger partial charge on any atom is -0.298 e. The zero-order valence-corrected chi connectivity index (χ0v) is 9.35. The monoisotopic (exact) mass is 207 g/mol. The van der Waals surface area contributed by atoms with Crippen molar-refractivity contribution in [3.05, 3.63) is 12.2 Å². The van der Waals surface area contributed by atoms with Gasteiger partial charge in [0, 0.05) is 19.5 Å². The number of hydrogen-bond donors (Lipinski definition) is 0. The molecule has 0 amide bonds. The summed E-state index contributed by atoms with van der Waals surface area (Å²) in [5, 5.41) is 12.6. The maximum absolute atomic E-state index is 8.47. The summed E-state index contributed by atoms with van der Waals surface area (Å²) in [6.07, 6.45) is 3.19. The molecule has 0 aliphatic carbocycles. The van der Waals surface area contributed by atoms with Gasteiger partial charge in [-0.1, -0.05) is 6.92 Å². The van der Waals surface area contributed by atoms with Gasteiger partial charge in [0.2, 0.25) is 0 Å². The lowest BCUT2D eigenvalue weighted by Gasteiger charge is -2.14. The van der Waals surface area contributed by atoms with E-state index in [1.165, 1.54) is 0 Å². The lowest BCUT2D eigenvalue weighted by molar-refractivity contribution is 0.316. The molecule has 0 N–H and O–H groups in total. The van der Waals surface area contributed by atoms with Crippen LogP contribution in [0.3, 0.4) is 0 Å². The average molecular weight is 207 g/mol. The average Bonchev–Trinajstić information content (AvgIpc) is 2.63. The van der Waals surface area contributed by atoms with Crippen molar-refractivity contribution in [2.24, 2.45) is 0 Å². The Labute approximate surface area is 90.3 Å². The molecule has 1 rings (SSSR count). The van der Waals surface area contributed by atoms with Crippen molar-refractivity contribution in [2.75, 3.05) is 13.6 Å². The van der Waals surface area contributed by atoms with Gasteiger partial charge in [0.05, 0.1) is 12.6 Å². The van der Waals surface area contributed by atoms with Crippen LogP contribution in [0.4, 0.5) is 0 Å². The molecular weight excluding hydrogens is 190 g/mol. The van der Waals surface area contributed by atoms with Crippen LogP contribution in [0.2, 0.25) is 0 Å². The first-order chi connectivity index (χ1) is 7.27. The quantitative estimate of drug-likeness (QED) is 0.699. The van der Waals surface area contributed by atoms with Crippen LogP contribution in [0.5, 0.6) is 0 Å². The summed E-state index contributed by atoms with van der Waals surface area (Å²) in [5.41, 5.74) is 0. The minimum atomic E-state index is 0.554. The van der Waals surface area contributed by atoms with Gasteiger partial charge < -0.3 is 0 Å². The smallest absolute Gasteiger partial charge is 0.140 e. The maximum Gasteiger partial charge on any atom is 0.140 e. The van der Waals surface area contributed by atoms with E-state index in [2.05, 4.69) is 28.0 Å². The molecule has 1 heterocycles. The zero-order valence-electron chi connectivity index (χ0n) is 9.35. The Hall–Kier alpha value is -1.41. The van der Waals surface area contributed by atoms with Crippen molar-refractivity contribution in [3.8, 4) is 6.07 Å². The predicted molar refractivity (Wildman–Crippen MR) is 56.9 cm³/mol. The molecular formula is C10H17N5. The van der Waals surface area contributed by atoms with E-state index < -0.39 is 0 Å². The van der Waals surface area contributed by atoms with E-state index in [1.807, 2.05) is 11.7 Å². The first-order valence-electron chi connectivity index (χ1n) is 5.20. The van der Waals surface area contributed by atoms with E-state index in [0.717, 1.165) is 31.9 Å². The fourth-order valence-corrected chi connectivity index (χ4v) is 1.37. The Morgan fingerprint density at radius 1 is 1.60 bits per heavy atom. The number of nitriles is 1. The largest absolute Gasteiger partial charge is 0.298 e. The molecule has 0 bridgehead atoms. The van der Waals surface area contributed by atoms with Crippen LogP contribution in [0, 0.1) is 11.3 Å². The molecule has 0 aliphatic heterocycles.